The molecular formula is C15H22N2O3S. The second kappa shape index (κ2) is 6.47. The van der Waals surface area contributed by atoms with Crippen LogP contribution in [0.15, 0.2) is 17.5 Å². The van der Waals surface area contributed by atoms with Crippen LogP contribution in [0.5, 0.6) is 0 Å². The van der Waals surface area contributed by atoms with Crippen molar-refractivity contribution >= 4 is 23.3 Å². The number of hydrogen-bond donors (Lipinski definition) is 1. The lowest BCUT2D eigenvalue weighted by atomic mass is 9.89. The van der Waals surface area contributed by atoms with Crippen LogP contribution in [0.3, 0.4) is 0 Å². The Kier molecular flexibility index (Phi) is 4.88. The summed E-state index contributed by atoms with van der Waals surface area (Å²) in [5.41, 5.74) is -1.09. The predicted molar refractivity (Wildman–Crippen MR) is 82.4 cm³/mol. The number of likely N-dealkylation sites (tertiary alicyclic amines) is 1. The largest absolute Gasteiger partial charge is 0.480 e. The van der Waals surface area contributed by atoms with E-state index >= 15 is 0 Å². The van der Waals surface area contributed by atoms with E-state index in [4.69, 9.17) is 0 Å². The van der Waals surface area contributed by atoms with Gasteiger partial charge in [-0.25, -0.2) is 9.59 Å². The molecule has 116 valence electrons. The molecule has 0 bridgehead atoms. The molecule has 5 nitrogen and oxygen atoms in total. The normalized spacial score (nSPS) is 22.1. The molecule has 1 atom stereocenters. The molecule has 1 aliphatic heterocycles. The fraction of sp³-hybridized carbons (Fsp3) is 0.600. The number of carbonyl (C=O) groups excluding carboxylic acids is 1. The minimum Gasteiger partial charge on any atom is -0.480 e. The lowest BCUT2D eigenvalue weighted by Crippen LogP contribution is -2.60. The van der Waals surface area contributed by atoms with Crippen LogP contribution in [0, 0.1) is 0 Å². The number of hydrogen-bond acceptors (Lipinski definition) is 3. The third-order valence-electron chi connectivity index (χ3n) is 4.16. The van der Waals surface area contributed by atoms with Gasteiger partial charge in [0.1, 0.15) is 5.54 Å². The van der Waals surface area contributed by atoms with Crippen LogP contribution in [0.4, 0.5) is 4.79 Å². The smallest absolute Gasteiger partial charge is 0.329 e. The van der Waals surface area contributed by atoms with E-state index in [0.717, 1.165) is 17.7 Å². The average molecular weight is 310 g/mol. The fourth-order valence-electron chi connectivity index (χ4n) is 2.73. The molecule has 1 unspecified atom stereocenters. The van der Waals surface area contributed by atoms with Gasteiger partial charge in [0.25, 0.3) is 0 Å². The second-order valence-corrected chi connectivity index (χ2v) is 6.60. The Morgan fingerprint density at radius 3 is 2.81 bits per heavy atom. The van der Waals surface area contributed by atoms with Gasteiger partial charge in [-0.05, 0) is 44.6 Å². The summed E-state index contributed by atoms with van der Waals surface area (Å²) in [4.78, 5) is 28.7. The molecule has 0 aliphatic carbocycles. The summed E-state index contributed by atoms with van der Waals surface area (Å²) >= 11 is 1.61. The Morgan fingerprint density at radius 2 is 2.24 bits per heavy atom. The van der Waals surface area contributed by atoms with E-state index in [2.05, 4.69) is 0 Å². The van der Waals surface area contributed by atoms with E-state index in [9.17, 15) is 14.7 Å². The van der Waals surface area contributed by atoms with Crippen LogP contribution >= 0.6 is 11.3 Å². The average Bonchev–Trinajstić information content (AvgIpc) is 2.97. The van der Waals surface area contributed by atoms with Gasteiger partial charge in [0.05, 0.1) is 6.54 Å². The summed E-state index contributed by atoms with van der Waals surface area (Å²) < 4.78 is 0. The zero-order valence-electron chi connectivity index (χ0n) is 12.5. The second-order valence-electron chi connectivity index (χ2n) is 5.56. The number of carboxylic acid groups (broad SMARTS) is 1. The Morgan fingerprint density at radius 1 is 1.48 bits per heavy atom. The summed E-state index contributed by atoms with van der Waals surface area (Å²) in [5.74, 6) is -0.914. The maximum Gasteiger partial charge on any atom is 0.329 e. The molecule has 2 amide bonds. The lowest BCUT2D eigenvalue weighted by Gasteiger charge is -2.43. The number of aliphatic carboxylic acids is 1. The molecule has 6 heteroatoms. The third kappa shape index (κ3) is 3.20. The van der Waals surface area contributed by atoms with E-state index < -0.39 is 11.5 Å². The summed E-state index contributed by atoms with van der Waals surface area (Å²) in [5, 5.41) is 11.5. The molecule has 1 aromatic rings. The number of piperidine rings is 1. The molecule has 1 N–H and O–H groups in total. The van der Waals surface area contributed by atoms with Gasteiger partial charge in [0.2, 0.25) is 0 Å². The molecule has 2 rings (SSSR count). The predicted octanol–water partition coefficient (Wildman–Crippen LogP) is 3.02. The fourth-order valence-corrected chi connectivity index (χ4v) is 3.45. The van der Waals surface area contributed by atoms with Gasteiger partial charge in [-0.3, -0.25) is 0 Å². The molecule has 0 aromatic carbocycles. The molecule has 1 saturated heterocycles. The van der Waals surface area contributed by atoms with Crippen molar-refractivity contribution in [2.45, 2.75) is 45.2 Å². The molecule has 1 aliphatic rings. The summed E-state index contributed by atoms with van der Waals surface area (Å²) in [6, 6.07) is 3.78. The summed E-state index contributed by atoms with van der Waals surface area (Å²) in [6.07, 6.45) is 2.24. The van der Waals surface area contributed by atoms with E-state index in [1.165, 1.54) is 4.90 Å². The van der Waals surface area contributed by atoms with Crippen molar-refractivity contribution < 1.29 is 14.7 Å². The molecule has 1 aromatic heterocycles. The molecule has 1 fully saturated rings. The number of carbonyl (C=O) groups is 2. The van der Waals surface area contributed by atoms with Crippen LogP contribution < -0.4 is 0 Å². The number of urea groups is 1. The maximum absolute atomic E-state index is 12.8. The highest BCUT2D eigenvalue weighted by molar-refractivity contribution is 7.09. The standard InChI is InChI=1S/C15H22N2O3S/c1-3-16(11-12-7-6-10-21-12)14(20)17-9-5-4-8-15(17,2)13(18)19/h6-7,10H,3-5,8-9,11H2,1-2H3,(H,18,19). The van der Waals surface area contributed by atoms with Gasteiger partial charge in [0, 0.05) is 18.0 Å². The summed E-state index contributed by atoms with van der Waals surface area (Å²) in [6.45, 7) is 5.21. The highest BCUT2D eigenvalue weighted by atomic mass is 32.1. The highest BCUT2D eigenvalue weighted by Crippen LogP contribution is 2.29. The van der Waals surface area contributed by atoms with Crippen LogP contribution in [-0.4, -0.2) is 45.5 Å². The SMILES string of the molecule is CCN(Cc1cccs1)C(=O)N1CCCCC1(C)C(=O)O. The van der Waals surface area contributed by atoms with Crippen molar-refractivity contribution in [3.8, 4) is 0 Å². The number of carboxylic acids is 1. The summed E-state index contributed by atoms with van der Waals surface area (Å²) in [7, 11) is 0. The number of nitrogens with zero attached hydrogens (tertiary/aromatic N) is 2. The van der Waals surface area contributed by atoms with Crippen molar-refractivity contribution in [3.63, 3.8) is 0 Å². The molecule has 2 heterocycles. The van der Waals surface area contributed by atoms with Crippen LogP contribution in [0.25, 0.3) is 0 Å². The van der Waals surface area contributed by atoms with Crippen molar-refractivity contribution in [3.05, 3.63) is 22.4 Å². The van der Waals surface area contributed by atoms with E-state index in [1.54, 1.807) is 23.2 Å². The molecule has 21 heavy (non-hydrogen) atoms. The van der Waals surface area contributed by atoms with Crippen LogP contribution in [-0.2, 0) is 11.3 Å². The molecule has 0 saturated carbocycles. The van der Waals surface area contributed by atoms with Gasteiger partial charge in [-0.15, -0.1) is 11.3 Å². The van der Waals surface area contributed by atoms with Crippen molar-refractivity contribution in [1.29, 1.82) is 0 Å². The lowest BCUT2D eigenvalue weighted by molar-refractivity contribution is -0.150. The van der Waals surface area contributed by atoms with Crippen molar-refractivity contribution in [2.75, 3.05) is 13.1 Å². The number of thiophene rings is 1. The van der Waals surface area contributed by atoms with Gasteiger partial charge < -0.3 is 14.9 Å². The van der Waals surface area contributed by atoms with Gasteiger partial charge in [-0.1, -0.05) is 6.07 Å². The quantitative estimate of drug-likeness (QED) is 0.930. The monoisotopic (exact) mass is 310 g/mol. The first-order valence-corrected chi connectivity index (χ1v) is 8.19. The van der Waals surface area contributed by atoms with E-state index in [0.29, 0.717) is 26.1 Å². The Bertz CT molecular complexity index is 503. The Balaban J connectivity index is 2.16. The van der Waals surface area contributed by atoms with Crippen LogP contribution in [0.1, 0.15) is 38.0 Å². The van der Waals surface area contributed by atoms with Gasteiger partial charge in [0.15, 0.2) is 0 Å². The minimum absolute atomic E-state index is 0.171. The van der Waals surface area contributed by atoms with E-state index in [1.807, 2.05) is 24.4 Å². The van der Waals surface area contributed by atoms with E-state index in [-0.39, 0.29) is 6.03 Å². The van der Waals surface area contributed by atoms with Crippen LogP contribution in [0.2, 0.25) is 0 Å². The zero-order chi connectivity index (χ0) is 15.5. The topological polar surface area (TPSA) is 60.9 Å². The molecular weight excluding hydrogens is 288 g/mol. The zero-order valence-corrected chi connectivity index (χ0v) is 13.4. The minimum atomic E-state index is -1.09. The first-order chi connectivity index (χ1) is 9.99. The van der Waals surface area contributed by atoms with Gasteiger partial charge in [-0.2, -0.15) is 0 Å². The molecule has 0 radical (unpaired) electrons. The number of amides is 2. The Hall–Kier alpha value is -1.56. The van der Waals surface area contributed by atoms with Crippen molar-refractivity contribution in [2.24, 2.45) is 0 Å². The van der Waals surface area contributed by atoms with Crippen molar-refractivity contribution in [1.82, 2.24) is 9.80 Å². The Labute approximate surface area is 129 Å². The van der Waals surface area contributed by atoms with Gasteiger partial charge >= 0.3 is 12.0 Å². The highest BCUT2D eigenvalue weighted by Gasteiger charge is 2.45. The molecule has 0 spiro atoms. The maximum atomic E-state index is 12.8. The third-order valence-corrected chi connectivity index (χ3v) is 5.02. The first kappa shape index (κ1) is 15.8. The number of rotatable bonds is 4. The first-order valence-electron chi connectivity index (χ1n) is 7.31.